The van der Waals surface area contributed by atoms with Gasteiger partial charge in [0.2, 0.25) is 0 Å². The molecule has 4 heteroatoms. The van der Waals surface area contributed by atoms with Gasteiger partial charge in [0.15, 0.2) is 0 Å². The normalized spacial score (nSPS) is 12.3. The summed E-state index contributed by atoms with van der Waals surface area (Å²) in [6.45, 7) is 6.85. The molecule has 1 amide bonds. The highest BCUT2D eigenvalue weighted by molar-refractivity contribution is 7.85. The first-order valence-electron chi connectivity index (χ1n) is 8.79. The highest BCUT2D eigenvalue weighted by Gasteiger charge is 2.06. The predicted molar refractivity (Wildman–Crippen MR) is 99.4 cm³/mol. The van der Waals surface area contributed by atoms with E-state index in [1.54, 1.807) is 0 Å². The minimum absolute atomic E-state index is 0.00204. The second-order valence-corrected chi connectivity index (χ2v) is 8.36. The van der Waals surface area contributed by atoms with E-state index in [2.05, 4.69) is 12.2 Å². The molecule has 1 aromatic rings. The lowest BCUT2D eigenvalue weighted by atomic mass is 10.1. The summed E-state index contributed by atoms with van der Waals surface area (Å²) in [6, 6.07) is 7.91. The Hall–Kier alpha value is -1.16. The lowest BCUT2D eigenvalue weighted by Gasteiger charge is -2.07. The summed E-state index contributed by atoms with van der Waals surface area (Å²) in [5, 5.41) is 3.20. The number of aryl methyl sites for hydroxylation is 1. The summed E-state index contributed by atoms with van der Waals surface area (Å²) in [4.78, 5) is 12.0. The van der Waals surface area contributed by atoms with Gasteiger partial charge >= 0.3 is 0 Å². The number of amides is 1. The molecule has 1 unspecified atom stereocenters. The van der Waals surface area contributed by atoms with Gasteiger partial charge in [-0.15, -0.1) is 0 Å². The van der Waals surface area contributed by atoms with Gasteiger partial charge in [0.25, 0.3) is 5.91 Å². The fourth-order valence-electron chi connectivity index (χ4n) is 2.29. The first kappa shape index (κ1) is 19.9. The van der Waals surface area contributed by atoms with Gasteiger partial charge < -0.3 is 5.32 Å². The Bertz CT molecular complexity index is 483. The first-order chi connectivity index (χ1) is 11.0. The minimum Gasteiger partial charge on any atom is -0.352 e. The van der Waals surface area contributed by atoms with Crippen molar-refractivity contribution < 1.29 is 9.00 Å². The zero-order valence-corrected chi connectivity index (χ0v) is 15.6. The number of nitrogens with one attached hydrogen (secondary N) is 1. The van der Waals surface area contributed by atoms with Crippen LogP contribution in [0.1, 0.15) is 68.8 Å². The summed E-state index contributed by atoms with van der Waals surface area (Å²) in [5.41, 5.74) is 2.02. The molecule has 0 spiro atoms. The molecule has 1 rings (SSSR count). The number of carbonyl (C=O) groups is 1. The maximum atomic E-state index is 12.0. The van der Waals surface area contributed by atoms with Crippen molar-refractivity contribution in [2.75, 3.05) is 12.3 Å². The van der Waals surface area contributed by atoms with Gasteiger partial charge in [-0.1, -0.05) is 45.7 Å². The molecule has 0 heterocycles. The van der Waals surface area contributed by atoms with Crippen LogP contribution in [0.4, 0.5) is 0 Å². The lowest BCUT2D eigenvalue weighted by molar-refractivity contribution is 0.0953. The van der Waals surface area contributed by atoms with Crippen molar-refractivity contribution in [3.63, 3.8) is 0 Å². The van der Waals surface area contributed by atoms with Crippen molar-refractivity contribution in [1.29, 1.82) is 0 Å². The van der Waals surface area contributed by atoms with Gasteiger partial charge in [0.1, 0.15) is 0 Å². The van der Waals surface area contributed by atoms with Crippen LogP contribution in [0.3, 0.4) is 0 Å². The Morgan fingerprint density at radius 2 is 1.78 bits per heavy atom. The Kier molecular flexibility index (Phi) is 9.85. The molecule has 130 valence electrons. The smallest absolute Gasteiger partial charge is 0.251 e. The molecule has 0 aliphatic rings. The molecule has 0 aliphatic heterocycles. The molecule has 3 nitrogen and oxygen atoms in total. The number of hydrogen-bond donors (Lipinski definition) is 1. The number of unbranched alkanes of at least 4 members (excludes halogenated alkanes) is 3. The van der Waals surface area contributed by atoms with Crippen LogP contribution in [0.5, 0.6) is 0 Å². The maximum absolute atomic E-state index is 12.0. The van der Waals surface area contributed by atoms with Crippen LogP contribution in [0.25, 0.3) is 0 Å². The molecule has 23 heavy (non-hydrogen) atoms. The third kappa shape index (κ3) is 8.31. The van der Waals surface area contributed by atoms with Crippen LogP contribution in [0, 0.1) is 0 Å². The fraction of sp³-hybridized carbons (Fsp3) is 0.632. The Morgan fingerprint density at radius 1 is 1.09 bits per heavy atom. The molecule has 0 saturated carbocycles. The van der Waals surface area contributed by atoms with E-state index in [-0.39, 0.29) is 11.2 Å². The second-order valence-electron chi connectivity index (χ2n) is 6.25. The maximum Gasteiger partial charge on any atom is 0.251 e. The highest BCUT2D eigenvalue weighted by atomic mass is 32.2. The zero-order valence-electron chi connectivity index (χ0n) is 14.8. The van der Waals surface area contributed by atoms with E-state index in [0.29, 0.717) is 6.54 Å². The SMILES string of the molecule is CCCCc1ccc(C(=O)NCCCCCS(=O)C(C)C)cc1. The van der Waals surface area contributed by atoms with Crippen LogP contribution < -0.4 is 5.32 Å². The van der Waals surface area contributed by atoms with Gasteiger partial charge in [-0.3, -0.25) is 9.00 Å². The third-order valence-corrected chi connectivity index (χ3v) is 5.61. The third-order valence-electron chi connectivity index (χ3n) is 3.87. The number of benzene rings is 1. The van der Waals surface area contributed by atoms with E-state index in [9.17, 15) is 9.00 Å². The van der Waals surface area contributed by atoms with Crippen LogP contribution in [0.15, 0.2) is 24.3 Å². The summed E-state index contributed by atoms with van der Waals surface area (Å²) < 4.78 is 11.6. The molecule has 0 aromatic heterocycles. The van der Waals surface area contributed by atoms with Crippen molar-refractivity contribution in [2.24, 2.45) is 0 Å². The van der Waals surface area contributed by atoms with Crippen LogP contribution in [0.2, 0.25) is 0 Å². The average Bonchev–Trinajstić information content (AvgIpc) is 2.55. The van der Waals surface area contributed by atoms with E-state index in [0.717, 1.165) is 37.0 Å². The quantitative estimate of drug-likeness (QED) is 0.618. The standard InChI is InChI=1S/C19H31NO2S/c1-4-5-9-17-10-12-18(13-11-17)19(21)20-14-7-6-8-15-23(22)16(2)3/h10-13,16H,4-9,14-15H2,1-3H3,(H,20,21). The first-order valence-corrected chi connectivity index (χ1v) is 10.2. The minimum atomic E-state index is -0.708. The molecule has 1 N–H and O–H groups in total. The highest BCUT2D eigenvalue weighted by Crippen LogP contribution is 2.08. The molecule has 1 aromatic carbocycles. The lowest BCUT2D eigenvalue weighted by Crippen LogP contribution is -2.24. The molecular weight excluding hydrogens is 306 g/mol. The van der Waals surface area contributed by atoms with Crippen LogP contribution in [-0.4, -0.2) is 27.7 Å². The summed E-state index contributed by atoms with van der Waals surface area (Å²) in [7, 11) is -0.708. The fourth-order valence-corrected chi connectivity index (χ4v) is 3.25. The number of rotatable bonds is 11. The van der Waals surface area contributed by atoms with E-state index in [4.69, 9.17) is 0 Å². The van der Waals surface area contributed by atoms with Gasteiger partial charge in [-0.25, -0.2) is 0 Å². The molecule has 0 aliphatic carbocycles. The Morgan fingerprint density at radius 3 is 2.39 bits per heavy atom. The van der Waals surface area contributed by atoms with E-state index in [1.807, 2.05) is 38.1 Å². The Labute approximate surface area is 143 Å². The molecule has 0 bridgehead atoms. The van der Waals surface area contributed by atoms with Gasteiger partial charge in [0, 0.05) is 33.9 Å². The van der Waals surface area contributed by atoms with Crippen molar-refractivity contribution in [2.45, 2.75) is 64.5 Å². The number of carbonyl (C=O) groups excluding carboxylic acids is 1. The molecular formula is C19H31NO2S. The zero-order chi connectivity index (χ0) is 17.1. The summed E-state index contributed by atoms with van der Waals surface area (Å²) in [5.74, 6) is 0.767. The van der Waals surface area contributed by atoms with Crippen molar-refractivity contribution in [3.8, 4) is 0 Å². The van der Waals surface area contributed by atoms with E-state index in [1.165, 1.54) is 18.4 Å². The summed E-state index contributed by atoms with van der Waals surface area (Å²) >= 11 is 0. The van der Waals surface area contributed by atoms with E-state index >= 15 is 0 Å². The van der Waals surface area contributed by atoms with E-state index < -0.39 is 10.8 Å². The second kappa shape index (κ2) is 11.4. The summed E-state index contributed by atoms with van der Waals surface area (Å²) in [6.07, 6.45) is 6.37. The van der Waals surface area contributed by atoms with Gasteiger partial charge in [-0.05, 0) is 43.4 Å². The predicted octanol–water partition coefficient (Wildman–Crippen LogP) is 4.09. The molecule has 0 fully saturated rings. The van der Waals surface area contributed by atoms with Crippen molar-refractivity contribution in [3.05, 3.63) is 35.4 Å². The monoisotopic (exact) mass is 337 g/mol. The Balaban J connectivity index is 2.20. The number of hydrogen-bond acceptors (Lipinski definition) is 2. The van der Waals surface area contributed by atoms with Crippen molar-refractivity contribution >= 4 is 16.7 Å². The topological polar surface area (TPSA) is 46.2 Å². The van der Waals surface area contributed by atoms with Crippen LogP contribution in [-0.2, 0) is 17.2 Å². The molecule has 0 saturated heterocycles. The largest absolute Gasteiger partial charge is 0.352 e. The molecule has 1 atom stereocenters. The van der Waals surface area contributed by atoms with Crippen LogP contribution >= 0.6 is 0 Å². The molecule has 0 radical (unpaired) electrons. The van der Waals surface area contributed by atoms with Crippen molar-refractivity contribution in [1.82, 2.24) is 5.32 Å². The van der Waals surface area contributed by atoms with Gasteiger partial charge in [0.05, 0.1) is 0 Å². The average molecular weight is 338 g/mol. The van der Waals surface area contributed by atoms with Gasteiger partial charge in [-0.2, -0.15) is 0 Å².